The van der Waals surface area contributed by atoms with Crippen LogP contribution in [0.1, 0.15) is 11.1 Å². The Balaban J connectivity index is 3.03. The van der Waals surface area contributed by atoms with Crippen molar-refractivity contribution in [3.8, 4) is 0 Å². The summed E-state index contributed by atoms with van der Waals surface area (Å²) in [6.45, 7) is 3.70. The molecule has 0 atom stereocenters. The maximum absolute atomic E-state index is 10.5. The van der Waals surface area contributed by atoms with Gasteiger partial charge in [0.05, 0.1) is 5.69 Å². The Hall–Kier alpha value is -1.07. The van der Waals surface area contributed by atoms with Crippen LogP contribution in [0.4, 0.5) is 5.69 Å². The van der Waals surface area contributed by atoms with Gasteiger partial charge in [0.2, 0.25) is 0 Å². The van der Waals surface area contributed by atoms with Gasteiger partial charge in [-0.1, -0.05) is 6.07 Å². The minimum atomic E-state index is -4.16. The molecule has 0 radical (unpaired) electrons. The van der Waals surface area contributed by atoms with Gasteiger partial charge in [-0.2, -0.15) is 8.42 Å². The van der Waals surface area contributed by atoms with E-state index < -0.39 is 10.3 Å². The molecule has 2 N–H and O–H groups in total. The van der Waals surface area contributed by atoms with E-state index in [2.05, 4.69) is 0 Å². The molecule has 0 aromatic heterocycles. The third-order valence-corrected chi connectivity index (χ3v) is 1.96. The summed E-state index contributed by atoms with van der Waals surface area (Å²) in [6.07, 6.45) is 0. The van der Waals surface area contributed by atoms with E-state index in [0.717, 1.165) is 11.1 Å². The van der Waals surface area contributed by atoms with E-state index in [1.54, 1.807) is 12.1 Å². The smallest absolute Gasteiger partial charge is 0.269 e. The summed E-state index contributed by atoms with van der Waals surface area (Å²) in [7, 11) is -4.16. The van der Waals surface area contributed by atoms with Gasteiger partial charge in [0, 0.05) is 0 Å². The summed E-state index contributed by atoms with van der Waals surface area (Å²) in [6, 6.07) is 5.19. The molecular weight excluding hydrogens is 190 g/mol. The van der Waals surface area contributed by atoms with Crippen molar-refractivity contribution in [2.45, 2.75) is 13.8 Å². The Morgan fingerprint density at radius 1 is 1.15 bits per heavy atom. The van der Waals surface area contributed by atoms with E-state index in [1.807, 2.05) is 24.6 Å². The van der Waals surface area contributed by atoms with Crippen LogP contribution in [-0.2, 0) is 10.3 Å². The molecule has 5 heteroatoms. The minimum Gasteiger partial charge on any atom is -0.269 e. The van der Waals surface area contributed by atoms with Crippen molar-refractivity contribution < 1.29 is 13.0 Å². The molecule has 13 heavy (non-hydrogen) atoms. The van der Waals surface area contributed by atoms with Crippen LogP contribution < -0.4 is 4.72 Å². The fourth-order valence-electron chi connectivity index (χ4n) is 1.18. The molecule has 1 rings (SSSR count). The zero-order chi connectivity index (χ0) is 10.1. The van der Waals surface area contributed by atoms with Crippen molar-refractivity contribution in [1.29, 1.82) is 0 Å². The molecule has 0 aliphatic carbocycles. The van der Waals surface area contributed by atoms with E-state index >= 15 is 0 Å². The standard InChI is InChI=1S/C8H11NO3S/c1-6-3-7(2)5-8(4-6)9-13(10,11)12/h3-5,9H,1-2H3,(H,10,11,12). The van der Waals surface area contributed by atoms with Gasteiger partial charge in [-0.05, 0) is 37.1 Å². The number of hydrogen-bond acceptors (Lipinski definition) is 2. The zero-order valence-electron chi connectivity index (χ0n) is 7.40. The van der Waals surface area contributed by atoms with Crippen molar-refractivity contribution >= 4 is 16.0 Å². The van der Waals surface area contributed by atoms with Gasteiger partial charge in [-0.25, -0.2) is 0 Å². The van der Waals surface area contributed by atoms with Crippen molar-refractivity contribution in [3.63, 3.8) is 0 Å². The molecule has 0 aliphatic heterocycles. The van der Waals surface area contributed by atoms with Gasteiger partial charge in [-0.15, -0.1) is 0 Å². The van der Waals surface area contributed by atoms with Gasteiger partial charge in [-0.3, -0.25) is 9.27 Å². The molecule has 4 nitrogen and oxygen atoms in total. The summed E-state index contributed by atoms with van der Waals surface area (Å²) in [5, 5.41) is 0. The Labute approximate surface area is 77.5 Å². The third kappa shape index (κ3) is 3.43. The van der Waals surface area contributed by atoms with Gasteiger partial charge in [0.25, 0.3) is 0 Å². The highest BCUT2D eigenvalue weighted by Crippen LogP contribution is 2.14. The number of nitrogens with one attached hydrogen (secondary N) is 1. The van der Waals surface area contributed by atoms with E-state index in [-0.39, 0.29) is 0 Å². The first-order valence-electron chi connectivity index (χ1n) is 3.70. The van der Waals surface area contributed by atoms with Crippen LogP contribution in [-0.4, -0.2) is 13.0 Å². The van der Waals surface area contributed by atoms with Crippen LogP contribution in [0, 0.1) is 13.8 Å². The van der Waals surface area contributed by atoms with Gasteiger partial charge in [0.15, 0.2) is 0 Å². The van der Waals surface area contributed by atoms with Crippen LogP contribution in [0.3, 0.4) is 0 Å². The van der Waals surface area contributed by atoms with E-state index in [4.69, 9.17) is 4.55 Å². The molecule has 0 fully saturated rings. The average Bonchev–Trinajstić information content (AvgIpc) is 1.78. The fraction of sp³-hybridized carbons (Fsp3) is 0.250. The molecule has 1 aromatic carbocycles. The first-order chi connectivity index (χ1) is 5.87. The molecular formula is C8H11NO3S. The highest BCUT2D eigenvalue weighted by molar-refractivity contribution is 7.87. The molecule has 0 aliphatic rings. The van der Waals surface area contributed by atoms with Gasteiger partial charge in [0.1, 0.15) is 0 Å². The predicted octanol–water partition coefficient (Wildman–Crippen LogP) is 1.52. The lowest BCUT2D eigenvalue weighted by Gasteiger charge is -2.04. The molecule has 0 saturated carbocycles. The Morgan fingerprint density at radius 2 is 1.62 bits per heavy atom. The molecule has 0 amide bonds. The van der Waals surface area contributed by atoms with Crippen LogP contribution in [0.2, 0.25) is 0 Å². The third-order valence-electron chi connectivity index (χ3n) is 1.47. The highest BCUT2D eigenvalue weighted by Gasteiger charge is 2.03. The topological polar surface area (TPSA) is 66.4 Å². The van der Waals surface area contributed by atoms with Gasteiger partial charge < -0.3 is 0 Å². The number of anilines is 1. The monoisotopic (exact) mass is 201 g/mol. The lowest BCUT2D eigenvalue weighted by molar-refractivity contribution is 0.490. The van der Waals surface area contributed by atoms with Crippen LogP contribution >= 0.6 is 0 Å². The normalized spacial score (nSPS) is 11.3. The molecule has 1 aromatic rings. The Bertz CT molecular complexity index is 391. The molecule has 72 valence electrons. The zero-order valence-corrected chi connectivity index (χ0v) is 8.22. The number of aryl methyl sites for hydroxylation is 2. The maximum atomic E-state index is 10.5. The van der Waals surface area contributed by atoms with Crippen molar-refractivity contribution in [3.05, 3.63) is 29.3 Å². The second kappa shape index (κ2) is 3.35. The number of hydrogen-bond donors (Lipinski definition) is 2. The fourth-order valence-corrected chi connectivity index (χ4v) is 1.60. The summed E-state index contributed by atoms with van der Waals surface area (Å²) in [4.78, 5) is 0. The second-order valence-electron chi connectivity index (χ2n) is 2.95. The van der Waals surface area contributed by atoms with Crippen molar-refractivity contribution in [2.24, 2.45) is 0 Å². The largest absolute Gasteiger partial charge is 0.357 e. The minimum absolute atomic E-state index is 0.375. The summed E-state index contributed by atoms with van der Waals surface area (Å²) in [5.41, 5.74) is 2.25. The Kier molecular flexibility index (Phi) is 2.58. The van der Waals surface area contributed by atoms with Crippen molar-refractivity contribution in [2.75, 3.05) is 4.72 Å². The maximum Gasteiger partial charge on any atom is 0.357 e. The quantitative estimate of drug-likeness (QED) is 0.713. The van der Waals surface area contributed by atoms with E-state index in [1.165, 1.54) is 0 Å². The molecule has 0 heterocycles. The predicted molar refractivity (Wildman–Crippen MR) is 51.1 cm³/mol. The molecule has 0 saturated heterocycles. The Morgan fingerprint density at radius 3 is 2.00 bits per heavy atom. The van der Waals surface area contributed by atoms with Crippen LogP contribution in [0.25, 0.3) is 0 Å². The van der Waals surface area contributed by atoms with Crippen LogP contribution in [0.5, 0.6) is 0 Å². The SMILES string of the molecule is Cc1cc(C)cc(NS(=O)(=O)O)c1. The first kappa shape index (κ1) is 10.0. The van der Waals surface area contributed by atoms with Crippen LogP contribution in [0.15, 0.2) is 18.2 Å². The highest BCUT2D eigenvalue weighted by atomic mass is 32.2. The number of rotatable bonds is 2. The van der Waals surface area contributed by atoms with E-state index in [0.29, 0.717) is 5.69 Å². The summed E-state index contributed by atoms with van der Waals surface area (Å²) < 4.78 is 31.4. The van der Waals surface area contributed by atoms with Gasteiger partial charge >= 0.3 is 10.3 Å². The van der Waals surface area contributed by atoms with E-state index in [9.17, 15) is 8.42 Å². The summed E-state index contributed by atoms with van der Waals surface area (Å²) >= 11 is 0. The average molecular weight is 201 g/mol. The first-order valence-corrected chi connectivity index (χ1v) is 5.14. The van der Waals surface area contributed by atoms with Crippen molar-refractivity contribution in [1.82, 2.24) is 0 Å². The molecule has 0 unspecified atom stereocenters. The lowest BCUT2D eigenvalue weighted by atomic mass is 10.1. The molecule has 0 bridgehead atoms. The second-order valence-corrected chi connectivity index (χ2v) is 4.11. The summed E-state index contributed by atoms with van der Waals surface area (Å²) in [5.74, 6) is 0. The number of benzene rings is 1. The molecule has 0 spiro atoms. The lowest BCUT2D eigenvalue weighted by Crippen LogP contribution is -2.10.